The molecule has 0 bridgehead atoms. The molecule has 0 spiro atoms. The highest BCUT2D eigenvalue weighted by atomic mass is 16.2. The van der Waals surface area contributed by atoms with E-state index >= 15 is 0 Å². The summed E-state index contributed by atoms with van der Waals surface area (Å²) in [6.45, 7) is 3.89. The lowest BCUT2D eigenvalue weighted by Gasteiger charge is -2.19. The molecule has 0 aliphatic carbocycles. The molecule has 1 rings (SSSR count). The van der Waals surface area contributed by atoms with Crippen LogP contribution in [-0.4, -0.2) is 42.9 Å². The first kappa shape index (κ1) is 18.5. The second kappa shape index (κ2) is 8.17. The number of urea groups is 1. The first-order valence-electron chi connectivity index (χ1n) is 7.36. The van der Waals surface area contributed by atoms with Gasteiger partial charge >= 0.3 is 6.03 Å². The number of primary amides is 1. The van der Waals surface area contributed by atoms with Crippen LogP contribution in [0.2, 0.25) is 0 Å². The number of hydrogen-bond donors (Lipinski definition) is 3. The Bertz CT molecular complexity index is 567. The average Bonchev–Trinajstić information content (AvgIpc) is 2.49. The number of nitrogens with two attached hydrogens (primary N) is 1. The molecule has 0 heterocycles. The van der Waals surface area contributed by atoms with E-state index in [1.807, 2.05) is 0 Å². The lowest BCUT2D eigenvalue weighted by atomic mass is 10.0. The number of carbonyl (C=O) groups excluding carboxylic acids is 3. The number of nitrogens with zero attached hydrogens (tertiary/aromatic N) is 1. The van der Waals surface area contributed by atoms with E-state index in [9.17, 15) is 14.4 Å². The Balaban J connectivity index is 2.56. The van der Waals surface area contributed by atoms with Crippen LogP contribution in [0.4, 0.5) is 4.79 Å². The highest BCUT2D eigenvalue weighted by Crippen LogP contribution is 2.06. The normalized spacial score (nSPS) is 11.7. The van der Waals surface area contributed by atoms with Gasteiger partial charge in [0, 0.05) is 26.2 Å². The maximum atomic E-state index is 11.8. The van der Waals surface area contributed by atoms with Gasteiger partial charge in [-0.15, -0.1) is 0 Å². The van der Waals surface area contributed by atoms with Crippen molar-refractivity contribution in [3.63, 3.8) is 0 Å². The molecule has 0 aromatic heterocycles. The third-order valence-corrected chi connectivity index (χ3v) is 3.32. The molecule has 4 amide bonds. The number of hydrogen-bond acceptors (Lipinski definition) is 3. The summed E-state index contributed by atoms with van der Waals surface area (Å²) in [6.07, 6.45) is 0. The number of carbonyl (C=O) groups is 3. The molecule has 0 saturated heterocycles. The Morgan fingerprint density at radius 2 is 1.70 bits per heavy atom. The van der Waals surface area contributed by atoms with E-state index < -0.39 is 18.0 Å². The van der Waals surface area contributed by atoms with Crippen LogP contribution in [0.25, 0.3) is 0 Å². The molecule has 0 saturated carbocycles. The zero-order valence-electron chi connectivity index (χ0n) is 13.9. The highest BCUT2D eigenvalue weighted by Gasteiger charge is 2.21. The van der Waals surface area contributed by atoms with Crippen LogP contribution in [-0.2, 0) is 11.3 Å². The van der Waals surface area contributed by atoms with Gasteiger partial charge in [-0.1, -0.05) is 26.0 Å². The van der Waals surface area contributed by atoms with Gasteiger partial charge in [0.2, 0.25) is 5.91 Å². The van der Waals surface area contributed by atoms with E-state index in [1.165, 1.54) is 4.90 Å². The first-order chi connectivity index (χ1) is 10.7. The van der Waals surface area contributed by atoms with E-state index in [4.69, 9.17) is 5.73 Å². The minimum Gasteiger partial charge on any atom is -0.368 e. The number of rotatable bonds is 6. The lowest BCUT2D eigenvalue weighted by molar-refractivity contribution is -0.120. The third-order valence-electron chi connectivity index (χ3n) is 3.32. The smallest absolute Gasteiger partial charge is 0.315 e. The van der Waals surface area contributed by atoms with Gasteiger partial charge in [0.25, 0.3) is 5.91 Å². The summed E-state index contributed by atoms with van der Waals surface area (Å²) < 4.78 is 0. The quantitative estimate of drug-likeness (QED) is 0.718. The molecule has 0 aliphatic heterocycles. The van der Waals surface area contributed by atoms with E-state index in [0.717, 1.165) is 5.56 Å². The highest BCUT2D eigenvalue weighted by molar-refractivity contribution is 5.93. The predicted molar refractivity (Wildman–Crippen MR) is 87.7 cm³/mol. The van der Waals surface area contributed by atoms with Crippen LogP contribution in [0.3, 0.4) is 0 Å². The minimum atomic E-state index is -0.713. The Hall–Kier alpha value is -2.57. The molecule has 23 heavy (non-hydrogen) atoms. The number of benzene rings is 1. The zero-order chi connectivity index (χ0) is 17.6. The SMILES string of the molecule is CC(C)[C@H](NC(=O)NCc1ccc(C(=O)N(C)C)cc1)C(N)=O. The molecule has 1 aromatic rings. The Morgan fingerprint density at radius 3 is 2.13 bits per heavy atom. The topological polar surface area (TPSA) is 105 Å². The minimum absolute atomic E-state index is 0.0801. The Kier molecular flexibility index (Phi) is 6.56. The molecule has 1 aromatic carbocycles. The molecule has 7 heteroatoms. The van der Waals surface area contributed by atoms with Crippen molar-refractivity contribution in [3.8, 4) is 0 Å². The van der Waals surface area contributed by atoms with Crippen molar-refractivity contribution in [2.45, 2.75) is 26.4 Å². The van der Waals surface area contributed by atoms with Crippen molar-refractivity contribution < 1.29 is 14.4 Å². The molecule has 1 atom stereocenters. The zero-order valence-corrected chi connectivity index (χ0v) is 13.9. The van der Waals surface area contributed by atoms with Gasteiger partial charge in [0.05, 0.1) is 0 Å². The summed E-state index contributed by atoms with van der Waals surface area (Å²) in [4.78, 5) is 36.3. The van der Waals surface area contributed by atoms with Crippen LogP contribution in [0.5, 0.6) is 0 Å². The molecule has 4 N–H and O–H groups in total. The summed E-state index contributed by atoms with van der Waals surface area (Å²) in [5.74, 6) is -0.736. The first-order valence-corrected chi connectivity index (χ1v) is 7.36. The predicted octanol–water partition coefficient (Wildman–Crippen LogP) is 0.698. The van der Waals surface area contributed by atoms with Crippen molar-refractivity contribution in [1.29, 1.82) is 0 Å². The lowest BCUT2D eigenvalue weighted by Crippen LogP contribution is -2.50. The Labute approximate surface area is 136 Å². The second-order valence-corrected chi connectivity index (χ2v) is 5.85. The second-order valence-electron chi connectivity index (χ2n) is 5.85. The molecule has 126 valence electrons. The summed E-state index contributed by atoms with van der Waals surface area (Å²) in [5, 5.41) is 5.20. The number of amides is 4. The fourth-order valence-electron chi connectivity index (χ4n) is 1.96. The van der Waals surface area contributed by atoms with Crippen LogP contribution in [0, 0.1) is 5.92 Å². The van der Waals surface area contributed by atoms with E-state index in [1.54, 1.807) is 52.2 Å². The van der Waals surface area contributed by atoms with Crippen molar-refractivity contribution in [2.75, 3.05) is 14.1 Å². The fourth-order valence-corrected chi connectivity index (χ4v) is 1.96. The molecule has 0 radical (unpaired) electrons. The van der Waals surface area contributed by atoms with Crippen LogP contribution in [0.1, 0.15) is 29.8 Å². The summed E-state index contributed by atoms with van der Waals surface area (Å²) in [7, 11) is 3.37. The van der Waals surface area contributed by atoms with Gasteiger partial charge in [0.1, 0.15) is 6.04 Å². The average molecular weight is 320 g/mol. The molecule has 7 nitrogen and oxygen atoms in total. The van der Waals surface area contributed by atoms with Crippen molar-refractivity contribution in [1.82, 2.24) is 15.5 Å². The van der Waals surface area contributed by atoms with Gasteiger partial charge < -0.3 is 21.3 Å². The summed E-state index contributed by atoms with van der Waals surface area (Å²) >= 11 is 0. The largest absolute Gasteiger partial charge is 0.368 e. The van der Waals surface area contributed by atoms with Crippen molar-refractivity contribution in [3.05, 3.63) is 35.4 Å². The summed E-state index contributed by atoms with van der Waals surface area (Å²) in [5.41, 5.74) is 6.67. The van der Waals surface area contributed by atoms with Gasteiger partial charge in [-0.05, 0) is 23.6 Å². The molecular formula is C16H24N4O3. The molecule has 0 unspecified atom stereocenters. The maximum Gasteiger partial charge on any atom is 0.315 e. The molecular weight excluding hydrogens is 296 g/mol. The molecule has 0 fully saturated rings. The number of nitrogens with one attached hydrogen (secondary N) is 2. The van der Waals surface area contributed by atoms with Gasteiger partial charge in [0.15, 0.2) is 0 Å². The fraction of sp³-hybridized carbons (Fsp3) is 0.438. The summed E-state index contributed by atoms with van der Waals surface area (Å²) in [6, 6.07) is 5.77. The van der Waals surface area contributed by atoms with Gasteiger partial charge in [-0.25, -0.2) is 4.79 Å². The Morgan fingerprint density at radius 1 is 1.13 bits per heavy atom. The van der Waals surface area contributed by atoms with Crippen molar-refractivity contribution in [2.24, 2.45) is 11.7 Å². The van der Waals surface area contributed by atoms with E-state index in [-0.39, 0.29) is 18.4 Å². The van der Waals surface area contributed by atoms with Crippen LogP contribution < -0.4 is 16.4 Å². The van der Waals surface area contributed by atoms with Gasteiger partial charge in [-0.2, -0.15) is 0 Å². The molecule has 0 aliphatic rings. The van der Waals surface area contributed by atoms with Crippen LogP contribution in [0.15, 0.2) is 24.3 Å². The maximum absolute atomic E-state index is 11.8. The standard InChI is InChI=1S/C16H24N4O3/c1-10(2)13(14(17)21)19-16(23)18-9-11-5-7-12(8-6-11)15(22)20(3)4/h5-8,10,13H,9H2,1-4H3,(H2,17,21)(H2,18,19,23)/t13-/m0/s1. The van der Waals surface area contributed by atoms with Crippen molar-refractivity contribution >= 4 is 17.8 Å². The van der Waals surface area contributed by atoms with Gasteiger partial charge in [-0.3, -0.25) is 9.59 Å². The van der Waals surface area contributed by atoms with E-state index in [0.29, 0.717) is 5.56 Å². The van der Waals surface area contributed by atoms with Crippen LogP contribution >= 0.6 is 0 Å². The monoisotopic (exact) mass is 320 g/mol. The third kappa shape index (κ3) is 5.61. The van der Waals surface area contributed by atoms with E-state index in [2.05, 4.69) is 10.6 Å².